The first kappa shape index (κ1) is 17.6. The summed E-state index contributed by atoms with van der Waals surface area (Å²) in [7, 11) is 0. The fraction of sp³-hybridized carbons (Fsp3) is 0.700. The van der Waals surface area contributed by atoms with Gasteiger partial charge in [-0.15, -0.1) is 12.3 Å². The Kier molecular flexibility index (Phi) is 5.68. The summed E-state index contributed by atoms with van der Waals surface area (Å²) in [4.78, 5) is 10.8. The Labute approximate surface area is 104 Å². The van der Waals surface area contributed by atoms with Crippen LogP contribution in [-0.2, 0) is 9.53 Å². The summed E-state index contributed by atoms with van der Waals surface area (Å²) in [5.41, 5.74) is -5.77. The highest BCUT2D eigenvalue weighted by Gasteiger charge is 2.68. The number of alkyl halides is 6. The van der Waals surface area contributed by atoms with E-state index in [0.29, 0.717) is 0 Å². The molecule has 0 heterocycles. The Morgan fingerprint density at radius 2 is 1.58 bits per heavy atom. The van der Waals surface area contributed by atoms with E-state index >= 15 is 0 Å². The molecule has 0 saturated carbocycles. The summed E-state index contributed by atoms with van der Waals surface area (Å²) < 4.78 is 76.5. The molecule has 0 N–H and O–H groups in total. The number of rotatable bonds is 5. The van der Waals surface area contributed by atoms with Crippen LogP contribution in [0.15, 0.2) is 0 Å². The zero-order valence-electron chi connectivity index (χ0n) is 9.40. The molecule has 0 spiro atoms. The zero-order chi connectivity index (χ0) is 15.3. The fourth-order valence-corrected chi connectivity index (χ4v) is 0.988. The van der Waals surface area contributed by atoms with Crippen LogP contribution in [0.25, 0.3) is 0 Å². The minimum absolute atomic E-state index is 0.0399. The number of ether oxygens (including phenoxy) is 1. The van der Waals surface area contributed by atoms with Crippen molar-refractivity contribution < 1.29 is 41.0 Å². The number of halogens is 6. The standard InChI is InChI=1S/C10H9F6O3/c1-2-3-4-5-6-19-7(17)8(18,9(11,12)13)10(14,15)16/h1H,3-6H2/q-1. The molecular formula is C10H9F6O3-. The van der Waals surface area contributed by atoms with Crippen LogP contribution >= 0.6 is 0 Å². The van der Waals surface area contributed by atoms with Gasteiger partial charge in [-0.3, -0.25) is 4.79 Å². The van der Waals surface area contributed by atoms with Gasteiger partial charge >= 0.3 is 18.3 Å². The van der Waals surface area contributed by atoms with E-state index in [4.69, 9.17) is 6.42 Å². The number of terminal acetylenes is 1. The molecule has 9 heteroatoms. The molecule has 19 heavy (non-hydrogen) atoms. The summed E-state index contributed by atoms with van der Waals surface area (Å²) in [5, 5.41) is 10.8. The van der Waals surface area contributed by atoms with E-state index in [1.807, 2.05) is 0 Å². The first-order valence-corrected chi connectivity index (χ1v) is 4.93. The van der Waals surface area contributed by atoms with Crippen LogP contribution in [0.2, 0.25) is 0 Å². The number of carbonyl (C=O) groups is 1. The van der Waals surface area contributed by atoms with Crippen molar-refractivity contribution in [3.63, 3.8) is 0 Å². The van der Waals surface area contributed by atoms with Crippen molar-refractivity contribution in [1.82, 2.24) is 0 Å². The lowest BCUT2D eigenvalue weighted by Crippen LogP contribution is -2.71. The molecule has 0 rings (SSSR count). The van der Waals surface area contributed by atoms with Gasteiger partial charge in [0.2, 0.25) is 0 Å². The van der Waals surface area contributed by atoms with Gasteiger partial charge in [-0.05, 0) is 12.8 Å². The van der Waals surface area contributed by atoms with Crippen molar-refractivity contribution in [2.45, 2.75) is 37.2 Å². The summed E-state index contributed by atoms with van der Waals surface area (Å²) >= 11 is 0. The Morgan fingerprint density at radius 1 is 1.11 bits per heavy atom. The quantitative estimate of drug-likeness (QED) is 0.334. The van der Waals surface area contributed by atoms with E-state index < -0.39 is 30.5 Å². The lowest BCUT2D eigenvalue weighted by atomic mass is 10.0. The summed E-state index contributed by atoms with van der Waals surface area (Å²) in [5.74, 6) is -0.737. The largest absolute Gasteiger partial charge is 0.828 e. The van der Waals surface area contributed by atoms with Crippen molar-refractivity contribution in [2.75, 3.05) is 6.61 Å². The molecule has 0 unspecified atom stereocenters. The summed E-state index contributed by atoms with van der Waals surface area (Å²) in [6.07, 6.45) is -7.39. The van der Waals surface area contributed by atoms with E-state index in [1.165, 1.54) is 0 Å². The zero-order valence-corrected chi connectivity index (χ0v) is 9.40. The molecule has 0 bridgehead atoms. The first-order valence-electron chi connectivity index (χ1n) is 4.93. The maximum Gasteiger partial charge on any atom is 0.399 e. The second-order valence-corrected chi connectivity index (χ2v) is 3.47. The average molecular weight is 291 g/mol. The molecule has 0 radical (unpaired) electrons. The maximum absolute atomic E-state index is 12.1. The molecule has 0 aliphatic heterocycles. The highest BCUT2D eigenvalue weighted by atomic mass is 19.4. The second kappa shape index (κ2) is 6.14. The van der Waals surface area contributed by atoms with E-state index in [9.17, 15) is 36.2 Å². The van der Waals surface area contributed by atoms with Crippen molar-refractivity contribution >= 4 is 5.97 Å². The van der Waals surface area contributed by atoms with Crippen molar-refractivity contribution in [1.29, 1.82) is 0 Å². The van der Waals surface area contributed by atoms with E-state index in [-0.39, 0.29) is 19.3 Å². The van der Waals surface area contributed by atoms with Gasteiger partial charge in [-0.1, -0.05) is 0 Å². The lowest BCUT2D eigenvalue weighted by molar-refractivity contribution is -0.574. The molecule has 0 aliphatic rings. The Hall–Kier alpha value is -1.43. The number of carbonyl (C=O) groups excluding carboxylic acids is 1. The molecule has 0 aromatic rings. The average Bonchev–Trinajstić information content (AvgIpc) is 2.24. The molecule has 0 atom stereocenters. The molecule has 110 valence electrons. The molecule has 3 nitrogen and oxygen atoms in total. The second-order valence-electron chi connectivity index (χ2n) is 3.47. The van der Waals surface area contributed by atoms with Gasteiger partial charge in [0.1, 0.15) is 0 Å². The summed E-state index contributed by atoms with van der Waals surface area (Å²) in [6, 6.07) is 0. The normalized spacial score (nSPS) is 12.9. The van der Waals surface area contributed by atoms with Gasteiger partial charge in [0.25, 0.3) is 0 Å². The molecule has 0 amide bonds. The highest BCUT2D eigenvalue weighted by Crippen LogP contribution is 2.41. The third-order valence-corrected chi connectivity index (χ3v) is 2.03. The van der Waals surface area contributed by atoms with Crippen LogP contribution in [0.4, 0.5) is 26.3 Å². The maximum atomic E-state index is 12.1. The third kappa shape index (κ3) is 4.02. The molecule has 0 aromatic carbocycles. The minimum atomic E-state index is -6.33. The molecule has 0 aromatic heterocycles. The predicted molar refractivity (Wildman–Crippen MR) is 48.5 cm³/mol. The minimum Gasteiger partial charge on any atom is -0.828 e. The highest BCUT2D eigenvalue weighted by molar-refractivity contribution is 5.81. The number of unbranched alkanes of at least 4 members (excludes halogenated alkanes) is 2. The van der Waals surface area contributed by atoms with E-state index in [2.05, 4.69) is 10.7 Å². The SMILES string of the molecule is C#CCCCCOC(=O)C([O-])(C(F)(F)F)C(F)(F)F. The van der Waals surface area contributed by atoms with Gasteiger partial charge in [0, 0.05) is 6.42 Å². The van der Waals surface area contributed by atoms with Gasteiger partial charge in [-0.2, -0.15) is 26.3 Å². The van der Waals surface area contributed by atoms with Crippen LogP contribution in [0.5, 0.6) is 0 Å². The number of hydrogen-bond donors (Lipinski definition) is 0. The number of hydrogen-bond acceptors (Lipinski definition) is 3. The van der Waals surface area contributed by atoms with Crippen LogP contribution < -0.4 is 5.11 Å². The Balaban J connectivity index is 4.75. The topological polar surface area (TPSA) is 49.4 Å². The van der Waals surface area contributed by atoms with Crippen LogP contribution in [0, 0.1) is 12.3 Å². The lowest BCUT2D eigenvalue weighted by Gasteiger charge is -2.40. The molecular weight excluding hydrogens is 282 g/mol. The predicted octanol–water partition coefficient (Wildman–Crippen LogP) is 1.56. The van der Waals surface area contributed by atoms with E-state index in [0.717, 1.165) is 0 Å². The van der Waals surface area contributed by atoms with Crippen molar-refractivity contribution in [3.8, 4) is 12.3 Å². The van der Waals surface area contributed by atoms with Crippen LogP contribution in [0.1, 0.15) is 19.3 Å². The number of esters is 1. The van der Waals surface area contributed by atoms with Gasteiger partial charge in [0.05, 0.1) is 6.61 Å². The van der Waals surface area contributed by atoms with Gasteiger partial charge in [-0.25, -0.2) is 0 Å². The van der Waals surface area contributed by atoms with Crippen molar-refractivity contribution in [2.24, 2.45) is 0 Å². The van der Waals surface area contributed by atoms with Gasteiger partial charge < -0.3 is 9.84 Å². The third-order valence-electron chi connectivity index (χ3n) is 2.03. The smallest absolute Gasteiger partial charge is 0.399 e. The fourth-order valence-electron chi connectivity index (χ4n) is 0.988. The molecule has 0 saturated heterocycles. The Morgan fingerprint density at radius 3 is 1.95 bits per heavy atom. The van der Waals surface area contributed by atoms with E-state index in [1.54, 1.807) is 0 Å². The van der Waals surface area contributed by atoms with Crippen molar-refractivity contribution in [3.05, 3.63) is 0 Å². The molecule has 0 fully saturated rings. The summed E-state index contributed by atoms with van der Waals surface area (Å²) in [6.45, 7) is -0.739. The monoisotopic (exact) mass is 291 g/mol. The first-order chi connectivity index (χ1) is 8.48. The van der Waals surface area contributed by atoms with Gasteiger partial charge in [0.15, 0.2) is 5.60 Å². The molecule has 0 aliphatic carbocycles. The Bertz CT molecular complexity index is 338. The van der Waals surface area contributed by atoms with Crippen LogP contribution in [-0.4, -0.2) is 30.5 Å². The van der Waals surface area contributed by atoms with Crippen LogP contribution in [0.3, 0.4) is 0 Å².